The zero-order valence-electron chi connectivity index (χ0n) is 9.59. The van der Waals surface area contributed by atoms with Gasteiger partial charge in [0.25, 0.3) is 0 Å². The number of rotatable bonds is 5. The highest BCUT2D eigenvalue weighted by Crippen LogP contribution is 2.19. The lowest BCUT2D eigenvalue weighted by atomic mass is 10.0. The number of Topliss-reactive ketones (excluding diaryl/α,β-unsaturated/α-hetero) is 1. The summed E-state index contributed by atoms with van der Waals surface area (Å²) in [6, 6.07) is 4.75. The van der Waals surface area contributed by atoms with Crippen LogP contribution in [0.3, 0.4) is 0 Å². The molecule has 3 heteroatoms. The summed E-state index contributed by atoms with van der Waals surface area (Å²) in [5, 5.41) is 0.0779. The van der Waals surface area contributed by atoms with Crippen molar-refractivity contribution in [2.45, 2.75) is 33.1 Å². The minimum Gasteiger partial charge on any atom is -0.299 e. The van der Waals surface area contributed by atoms with Crippen LogP contribution in [0.4, 0.5) is 4.39 Å². The topological polar surface area (TPSA) is 17.1 Å². The normalized spacial score (nSPS) is 10.8. The van der Waals surface area contributed by atoms with Crippen molar-refractivity contribution >= 4 is 17.4 Å². The Kier molecular flexibility index (Phi) is 4.94. The average Bonchev–Trinajstić information content (AvgIpc) is 2.22. The summed E-state index contributed by atoms with van der Waals surface area (Å²) >= 11 is 5.64. The zero-order valence-corrected chi connectivity index (χ0v) is 10.4. The van der Waals surface area contributed by atoms with E-state index in [4.69, 9.17) is 11.6 Å². The quantitative estimate of drug-likeness (QED) is 0.762. The molecule has 0 aliphatic rings. The number of hydrogen-bond donors (Lipinski definition) is 0. The van der Waals surface area contributed by atoms with Gasteiger partial charge in [-0.05, 0) is 24.0 Å². The summed E-state index contributed by atoms with van der Waals surface area (Å²) in [6.07, 6.45) is 1.49. The van der Waals surface area contributed by atoms with Crippen molar-refractivity contribution in [3.05, 3.63) is 34.6 Å². The van der Waals surface area contributed by atoms with Crippen LogP contribution in [0.1, 0.15) is 32.3 Å². The smallest absolute Gasteiger partial charge is 0.145 e. The lowest BCUT2D eigenvalue weighted by Crippen LogP contribution is -2.06. The molecule has 0 spiro atoms. The van der Waals surface area contributed by atoms with E-state index in [9.17, 15) is 9.18 Å². The Bertz CT molecular complexity index is 374. The Hall–Kier alpha value is -0.890. The molecule has 1 nitrogen and oxygen atoms in total. The van der Waals surface area contributed by atoms with Gasteiger partial charge in [0.05, 0.1) is 5.02 Å². The fraction of sp³-hybridized carbons (Fsp3) is 0.462. The van der Waals surface area contributed by atoms with E-state index in [1.165, 1.54) is 6.07 Å². The van der Waals surface area contributed by atoms with Gasteiger partial charge >= 0.3 is 0 Å². The molecule has 0 saturated carbocycles. The molecule has 0 heterocycles. The van der Waals surface area contributed by atoms with Crippen molar-refractivity contribution in [1.82, 2.24) is 0 Å². The number of hydrogen-bond acceptors (Lipinski definition) is 1. The average molecular weight is 243 g/mol. The summed E-state index contributed by atoms with van der Waals surface area (Å²) in [5.41, 5.74) is 0.390. The monoisotopic (exact) mass is 242 g/mol. The maximum atomic E-state index is 13.5. The highest BCUT2D eigenvalue weighted by atomic mass is 35.5. The minimum absolute atomic E-state index is 0.0647. The van der Waals surface area contributed by atoms with Crippen LogP contribution >= 0.6 is 11.6 Å². The highest BCUT2D eigenvalue weighted by Gasteiger charge is 2.10. The van der Waals surface area contributed by atoms with Crippen LogP contribution in [-0.4, -0.2) is 5.78 Å². The third-order valence-corrected chi connectivity index (χ3v) is 2.71. The van der Waals surface area contributed by atoms with Gasteiger partial charge < -0.3 is 0 Å². The predicted octanol–water partition coefficient (Wildman–Crippen LogP) is 4.03. The van der Waals surface area contributed by atoms with E-state index in [1.54, 1.807) is 12.1 Å². The lowest BCUT2D eigenvalue weighted by molar-refractivity contribution is -0.118. The molecule has 1 aromatic rings. The summed E-state index contributed by atoms with van der Waals surface area (Å²) in [4.78, 5) is 11.6. The van der Waals surface area contributed by atoms with Gasteiger partial charge in [-0.2, -0.15) is 0 Å². The minimum atomic E-state index is -0.470. The van der Waals surface area contributed by atoms with Crippen molar-refractivity contribution in [3.63, 3.8) is 0 Å². The highest BCUT2D eigenvalue weighted by molar-refractivity contribution is 6.30. The molecule has 88 valence electrons. The summed E-state index contributed by atoms with van der Waals surface area (Å²) in [6.45, 7) is 4.13. The number of carbonyl (C=O) groups excluding carboxylic acids is 1. The van der Waals surface area contributed by atoms with E-state index in [0.717, 1.165) is 6.42 Å². The largest absolute Gasteiger partial charge is 0.299 e. The van der Waals surface area contributed by atoms with Crippen molar-refractivity contribution < 1.29 is 9.18 Å². The molecule has 0 radical (unpaired) electrons. The van der Waals surface area contributed by atoms with Crippen LogP contribution in [0.25, 0.3) is 0 Å². The van der Waals surface area contributed by atoms with Gasteiger partial charge in [0.1, 0.15) is 11.6 Å². The first-order valence-electron chi connectivity index (χ1n) is 5.45. The van der Waals surface area contributed by atoms with E-state index in [-0.39, 0.29) is 17.2 Å². The molecule has 1 rings (SSSR count). The Balaban J connectivity index is 2.59. The Morgan fingerprint density at radius 1 is 1.44 bits per heavy atom. The van der Waals surface area contributed by atoms with Crippen LogP contribution < -0.4 is 0 Å². The molecule has 0 fully saturated rings. The molecule has 0 bridgehead atoms. The first-order chi connectivity index (χ1) is 7.50. The first-order valence-corrected chi connectivity index (χ1v) is 5.83. The van der Waals surface area contributed by atoms with Gasteiger partial charge in [-0.3, -0.25) is 4.79 Å². The molecule has 0 amide bonds. The second-order valence-electron chi connectivity index (χ2n) is 4.36. The zero-order chi connectivity index (χ0) is 12.1. The van der Waals surface area contributed by atoms with Gasteiger partial charge in [-0.15, -0.1) is 0 Å². The van der Waals surface area contributed by atoms with Gasteiger partial charge in [-0.25, -0.2) is 4.39 Å². The first kappa shape index (κ1) is 13.2. The summed E-state index contributed by atoms with van der Waals surface area (Å²) in [7, 11) is 0. The second-order valence-corrected chi connectivity index (χ2v) is 4.77. The molecule has 0 unspecified atom stereocenters. The van der Waals surface area contributed by atoms with Gasteiger partial charge in [0.2, 0.25) is 0 Å². The number of halogens is 2. The maximum absolute atomic E-state index is 13.5. The van der Waals surface area contributed by atoms with Crippen molar-refractivity contribution in [3.8, 4) is 0 Å². The van der Waals surface area contributed by atoms with Crippen LogP contribution in [0.2, 0.25) is 5.02 Å². The molecule has 0 aliphatic carbocycles. The van der Waals surface area contributed by atoms with Crippen LogP contribution in [-0.2, 0) is 11.2 Å². The Labute approximate surface area is 101 Å². The molecule has 0 atom stereocenters. The third kappa shape index (κ3) is 3.93. The number of ketones is 1. The molecule has 0 aliphatic heterocycles. The molecule has 1 aromatic carbocycles. The standard InChI is InChI=1S/C13H16ClFO/c1-9(2)6-7-11(16)8-10-4-3-5-12(14)13(10)15/h3-5,9H,6-8H2,1-2H3. The van der Waals surface area contributed by atoms with E-state index >= 15 is 0 Å². The van der Waals surface area contributed by atoms with Gasteiger partial charge in [0, 0.05) is 12.8 Å². The summed E-state index contributed by atoms with van der Waals surface area (Å²) < 4.78 is 13.5. The van der Waals surface area contributed by atoms with E-state index < -0.39 is 5.82 Å². The third-order valence-electron chi connectivity index (χ3n) is 2.42. The van der Waals surface area contributed by atoms with E-state index in [1.807, 2.05) is 0 Å². The Morgan fingerprint density at radius 2 is 2.12 bits per heavy atom. The fourth-order valence-electron chi connectivity index (χ4n) is 1.44. The molecular weight excluding hydrogens is 227 g/mol. The van der Waals surface area contributed by atoms with Gasteiger partial charge in [0.15, 0.2) is 0 Å². The van der Waals surface area contributed by atoms with E-state index in [2.05, 4.69) is 13.8 Å². The lowest BCUT2D eigenvalue weighted by Gasteiger charge is -2.05. The molecule has 16 heavy (non-hydrogen) atoms. The molecule has 0 saturated heterocycles. The van der Waals surface area contributed by atoms with Crippen LogP contribution in [0.15, 0.2) is 18.2 Å². The van der Waals surface area contributed by atoms with Crippen molar-refractivity contribution in [2.75, 3.05) is 0 Å². The molecule has 0 aromatic heterocycles. The predicted molar refractivity (Wildman–Crippen MR) is 64.2 cm³/mol. The summed E-state index contributed by atoms with van der Waals surface area (Å²) in [5.74, 6) is 0.0880. The van der Waals surface area contributed by atoms with Crippen LogP contribution in [0.5, 0.6) is 0 Å². The van der Waals surface area contributed by atoms with Crippen molar-refractivity contribution in [2.24, 2.45) is 5.92 Å². The maximum Gasteiger partial charge on any atom is 0.145 e. The number of benzene rings is 1. The van der Waals surface area contributed by atoms with Gasteiger partial charge in [-0.1, -0.05) is 37.6 Å². The Morgan fingerprint density at radius 3 is 2.75 bits per heavy atom. The second kappa shape index (κ2) is 6.00. The molecular formula is C13H16ClFO. The fourth-order valence-corrected chi connectivity index (χ4v) is 1.63. The van der Waals surface area contributed by atoms with Crippen molar-refractivity contribution in [1.29, 1.82) is 0 Å². The van der Waals surface area contributed by atoms with E-state index in [0.29, 0.717) is 17.9 Å². The SMILES string of the molecule is CC(C)CCC(=O)Cc1cccc(Cl)c1F. The van der Waals surface area contributed by atoms with Crippen LogP contribution in [0, 0.1) is 11.7 Å². The molecule has 0 N–H and O–H groups in total. The number of carbonyl (C=O) groups is 1.